The van der Waals surface area contributed by atoms with E-state index in [1.165, 1.54) is 0 Å². The molecule has 32 valence electrons. The van der Waals surface area contributed by atoms with Gasteiger partial charge in [0.05, 0.1) is 0 Å². The number of rotatable bonds is 0. The van der Waals surface area contributed by atoms with Gasteiger partial charge in [0.25, 0.3) is 0 Å². The minimum absolute atomic E-state index is 0. The summed E-state index contributed by atoms with van der Waals surface area (Å²) in [4.78, 5) is 0. The summed E-state index contributed by atoms with van der Waals surface area (Å²) in [6.45, 7) is 0. The second-order valence-electron chi connectivity index (χ2n) is 0. The van der Waals surface area contributed by atoms with Gasteiger partial charge in [-0.3, -0.25) is 0 Å². The van der Waals surface area contributed by atoms with Gasteiger partial charge in [-0.05, 0) is 0 Å². The van der Waals surface area contributed by atoms with Gasteiger partial charge < -0.3 is 54.0 Å². The van der Waals surface area contributed by atoms with Crippen LogP contribution in [0.3, 0.4) is 0 Å². The zero-order valence-corrected chi connectivity index (χ0v) is 10.8. The van der Waals surface area contributed by atoms with Gasteiger partial charge in [0.1, 0.15) is 0 Å². The van der Waals surface area contributed by atoms with Gasteiger partial charge in [-0.25, -0.2) is 0 Å². The molecule has 0 saturated heterocycles. The molecule has 0 radical (unpaired) electrons. The van der Waals surface area contributed by atoms with Gasteiger partial charge in [-0.1, -0.05) is 0 Å². The van der Waals surface area contributed by atoms with Crippen LogP contribution in [0.5, 0.6) is 0 Å². The van der Waals surface area contributed by atoms with Crippen LogP contribution in [0.2, 0.25) is 0 Å². The maximum Gasteiger partial charge on any atom is 4.00 e. The normalized spacial score (nSPS) is 0. The zero-order chi connectivity index (χ0) is 0. The summed E-state index contributed by atoms with van der Waals surface area (Å²) in [5.41, 5.74) is 0. The molecule has 0 rings (SSSR count). The molecule has 0 aromatic rings. The molecule has 0 bridgehead atoms. The van der Waals surface area contributed by atoms with Crippen molar-refractivity contribution in [1.82, 2.24) is 0 Å². The molecule has 0 aliphatic heterocycles. The molecule has 0 aromatic heterocycles. The van der Waals surface area contributed by atoms with Gasteiger partial charge in [0, 0.05) is 0 Å². The Hall–Kier alpha value is 3.17. The maximum absolute atomic E-state index is 0. The number of hydrogen-bond donors (Lipinski definition) is 0. The van der Waals surface area contributed by atoms with Crippen LogP contribution >= 0.6 is 0 Å². The van der Waals surface area contributed by atoms with Gasteiger partial charge >= 0.3 is 52.4 Å². The second kappa shape index (κ2) is 41.8. The molecule has 0 unspecified atom stereocenters. The van der Waals surface area contributed by atoms with Crippen LogP contribution in [0.1, 0.15) is 0 Å². The van der Waals surface area contributed by atoms with Gasteiger partial charge in [-0.15, -0.1) is 0 Å². The van der Waals surface area contributed by atoms with E-state index in [1.807, 2.05) is 0 Å². The molecule has 0 fully saturated rings. The number of hydrogen-bond acceptors (Lipinski definition) is 0. The van der Waals surface area contributed by atoms with Crippen molar-refractivity contribution in [3.8, 4) is 0 Å². The monoisotopic (exact) mass is 308 g/mol. The molecule has 0 nitrogen and oxygen atoms in total. The van der Waals surface area contributed by atoms with Crippen LogP contribution in [0, 0.1) is 0 Å². The minimum Gasteiger partial charge on any atom is -2.00 e. The molecule has 0 aromatic carbocycles. The molecule has 0 spiro atoms. The summed E-state index contributed by atoms with van der Waals surface area (Å²) in [6, 6.07) is 0. The van der Waals surface area contributed by atoms with E-state index in [0.29, 0.717) is 0 Å². The van der Waals surface area contributed by atoms with Crippen molar-refractivity contribution < 1.29 is 52.4 Å². The van der Waals surface area contributed by atoms with Crippen molar-refractivity contribution in [3.63, 3.8) is 0 Å². The maximum atomic E-state index is 0. The average Bonchev–Trinajstić information content (AvgIpc) is 0. The van der Waals surface area contributed by atoms with Crippen molar-refractivity contribution in [1.29, 1.82) is 0 Å². The van der Waals surface area contributed by atoms with Crippen LogP contribution in [-0.4, -0.2) is 0 Å². The van der Waals surface area contributed by atoms with Crippen LogP contribution in [-0.2, 0) is 106 Å². The SMILES string of the molecule is [S-2].[S-2].[S-2].[S-2].[Zr+4].[Zr+4]. The van der Waals surface area contributed by atoms with Crippen LogP contribution in [0.4, 0.5) is 0 Å². The summed E-state index contributed by atoms with van der Waals surface area (Å²) in [5.74, 6) is 0. The van der Waals surface area contributed by atoms with Crippen LogP contribution in [0.25, 0.3) is 0 Å². The summed E-state index contributed by atoms with van der Waals surface area (Å²) in [5, 5.41) is 0. The van der Waals surface area contributed by atoms with Gasteiger partial charge in [-0.2, -0.15) is 0 Å². The predicted octanol–water partition coefficient (Wildman–Crippen LogP) is -0.0146. The second-order valence-corrected chi connectivity index (χ2v) is 0. The third-order valence-corrected chi connectivity index (χ3v) is 0. The predicted molar refractivity (Wildman–Crippen MR) is 29.5 cm³/mol. The largest absolute Gasteiger partial charge is 4.00 e. The van der Waals surface area contributed by atoms with E-state index >= 15 is 0 Å². The quantitative estimate of drug-likeness (QED) is 0.590. The fourth-order valence-corrected chi connectivity index (χ4v) is 0. The first kappa shape index (κ1) is 61.0. The molecular weight excluding hydrogens is 311 g/mol. The first-order chi connectivity index (χ1) is 0. The van der Waals surface area contributed by atoms with E-state index in [4.69, 9.17) is 0 Å². The van der Waals surface area contributed by atoms with Crippen molar-refractivity contribution >= 4 is 54.0 Å². The van der Waals surface area contributed by atoms with Crippen molar-refractivity contribution in [2.24, 2.45) is 0 Å². The molecule has 0 atom stereocenters. The Morgan fingerprint density at radius 3 is 0.333 bits per heavy atom. The average molecular weight is 311 g/mol. The van der Waals surface area contributed by atoms with Crippen molar-refractivity contribution in [2.75, 3.05) is 0 Å². The van der Waals surface area contributed by atoms with Crippen molar-refractivity contribution in [3.05, 3.63) is 0 Å². The molecule has 0 heterocycles. The Bertz CT molecular complexity index is 5.51. The molecular formula is S4Zr2. The Morgan fingerprint density at radius 1 is 0.333 bits per heavy atom. The van der Waals surface area contributed by atoms with Crippen LogP contribution in [0.15, 0.2) is 0 Å². The Balaban J connectivity index is 0. The van der Waals surface area contributed by atoms with E-state index in [9.17, 15) is 0 Å². The third kappa shape index (κ3) is 27.2. The first-order valence-electron chi connectivity index (χ1n) is 0. The summed E-state index contributed by atoms with van der Waals surface area (Å²) < 4.78 is 0. The fourth-order valence-electron chi connectivity index (χ4n) is 0. The fraction of sp³-hybridized carbons (Fsp3) is 0. The molecule has 0 aliphatic carbocycles. The first-order valence-corrected chi connectivity index (χ1v) is 0. The molecule has 0 N–H and O–H groups in total. The van der Waals surface area contributed by atoms with Crippen molar-refractivity contribution in [2.45, 2.75) is 0 Å². The molecule has 6 heavy (non-hydrogen) atoms. The van der Waals surface area contributed by atoms with Gasteiger partial charge in [0.2, 0.25) is 0 Å². The third-order valence-electron chi connectivity index (χ3n) is 0. The van der Waals surface area contributed by atoms with E-state index in [0.717, 1.165) is 0 Å². The molecule has 6 heteroatoms. The summed E-state index contributed by atoms with van der Waals surface area (Å²) >= 11 is 0. The Morgan fingerprint density at radius 2 is 0.333 bits per heavy atom. The van der Waals surface area contributed by atoms with E-state index in [-0.39, 0.29) is 106 Å². The van der Waals surface area contributed by atoms with E-state index in [2.05, 4.69) is 0 Å². The molecule has 0 aliphatic rings. The topological polar surface area (TPSA) is 0 Å². The van der Waals surface area contributed by atoms with Crippen LogP contribution < -0.4 is 0 Å². The molecule has 0 amide bonds. The standard InChI is InChI=1S/4S.2Zr/q4*-2;2*+4. The summed E-state index contributed by atoms with van der Waals surface area (Å²) in [6.07, 6.45) is 0. The smallest absolute Gasteiger partial charge is 2.00 e. The minimum atomic E-state index is 0. The summed E-state index contributed by atoms with van der Waals surface area (Å²) in [7, 11) is 0. The van der Waals surface area contributed by atoms with E-state index < -0.39 is 0 Å². The molecule has 0 saturated carbocycles. The zero-order valence-electron chi connectivity index (χ0n) is 2.63. The Labute approximate surface area is 105 Å². The van der Waals surface area contributed by atoms with Gasteiger partial charge in [0.15, 0.2) is 0 Å². The Kier molecular flexibility index (Phi) is 425. The van der Waals surface area contributed by atoms with E-state index in [1.54, 1.807) is 0 Å².